The van der Waals surface area contributed by atoms with Crippen LogP contribution in [0, 0.1) is 6.92 Å². The van der Waals surface area contributed by atoms with Gasteiger partial charge >= 0.3 is 0 Å². The molecule has 0 fully saturated rings. The highest BCUT2D eigenvalue weighted by molar-refractivity contribution is 6.03. The lowest BCUT2D eigenvalue weighted by molar-refractivity contribution is -0.111. The fraction of sp³-hybridized carbons (Fsp3) is 0.103. The zero-order chi connectivity index (χ0) is 72.2. The molecule has 506 valence electrons. The van der Waals surface area contributed by atoms with Gasteiger partial charge in [0, 0.05) is 44.6 Å². The summed E-state index contributed by atoms with van der Waals surface area (Å²) in [4.78, 5) is 116. The van der Waals surface area contributed by atoms with Crippen molar-refractivity contribution < 1.29 is 86.2 Å². The Morgan fingerprint density at radius 1 is 0.297 bits per heavy atom. The van der Waals surface area contributed by atoms with Crippen molar-refractivity contribution in [2.45, 2.75) is 34.9 Å². The number of aliphatic hydroxyl groups is 3. The number of benzene rings is 5. The number of phenols is 3. The van der Waals surface area contributed by atoms with Crippen LogP contribution in [0.2, 0.25) is 0 Å². The molecule has 0 aliphatic heterocycles. The number of allylic oxidation sites excluding steroid dienone is 10. The van der Waals surface area contributed by atoms with E-state index in [0.29, 0.717) is 27.7 Å². The molecule has 101 heavy (non-hydrogen) atoms. The predicted molar refractivity (Wildman–Crippen MR) is 368 cm³/mol. The lowest BCUT2D eigenvalue weighted by Gasteiger charge is -2.26. The summed E-state index contributed by atoms with van der Waals surface area (Å²) in [5.41, 5.74) is -6.44. The van der Waals surface area contributed by atoms with E-state index >= 15 is 0 Å². The van der Waals surface area contributed by atoms with E-state index in [0.717, 1.165) is 17.7 Å². The number of para-hydroxylation sites is 2. The number of ether oxygens (including phenoxy) is 2. The van der Waals surface area contributed by atoms with Crippen LogP contribution in [0.25, 0.3) is 54.8 Å². The third kappa shape index (κ3) is 14.4. The van der Waals surface area contributed by atoms with Gasteiger partial charge in [-0.3, -0.25) is 47.9 Å². The summed E-state index contributed by atoms with van der Waals surface area (Å²) in [6, 6.07) is 32.0. The molecule has 10 aromatic rings. The van der Waals surface area contributed by atoms with Crippen LogP contribution in [0.4, 0.5) is 0 Å². The van der Waals surface area contributed by atoms with Crippen LogP contribution in [0.1, 0.15) is 34.4 Å². The number of aromatic hydroxyl groups is 3. The monoisotopic (exact) mass is 1360 g/mol. The fourth-order valence-electron chi connectivity index (χ4n) is 10.9. The van der Waals surface area contributed by atoms with Crippen molar-refractivity contribution in [1.29, 1.82) is 0 Å². The third-order valence-electron chi connectivity index (χ3n) is 16.3. The molecule has 0 bridgehead atoms. The Morgan fingerprint density at radius 2 is 0.574 bits per heavy atom. The topological polar surface area (TPSA) is 376 Å². The van der Waals surface area contributed by atoms with Gasteiger partial charge in [0.15, 0.2) is 84.1 Å². The van der Waals surface area contributed by atoms with Gasteiger partial charge in [0.2, 0.25) is 0 Å². The molecule has 23 nitrogen and oxygen atoms in total. The molecule has 0 unspecified atom stereocenters. The van der Waals surface area contributed by atoms with Gasteiger partial charge in [-0.25, -0.2) is 0 Å². The molecule has 0 atom stereocenters. The van der Waals surface area contributed by atoms with Gasteiger partial charge < -0.3 is 62.2 Å². The molecule has 5 aromatic heterocycles. The van der Waals surface area contributed by atoms with Gasteiger partial charge in [-0.2, -0.15) is 0 Å². The first-order valence-electron chi connectivity index (χ1n) is 30.4. The first-order chi connectivity index (χ1) is 48.2. The van der Waals surface area contributed by atoms with Crippen molar-refractivity contribution in [1.82, 2.24) is 0 Å². The van der Waals surface area contributed by atoms with Crippen LogP contribution in [0.5, 0.6) is 17.2 Å². The number of rotatable bonds is 7. The van der Waals surface area contributed by atoms with Crippen LogP contribution < -0.4 is 27.1 Å². The van der Waals surface area contributed by atoms with E-state index in [2.05, 4.69) is 0 Å². The summed E-state index contributed by atoms with van der Waals surface area (Å²) in [6.07, 6.45) is 26.7. The molecule has 15 rings (SSSR count). The molecule has 0 saturated carbocycles. The van der Waals surface area contributed by atoms with Crippen molar-refractivity contribution in [2.75, 3.05) is 14.2 Å². The van der Waals surface area contributed by atoms with Gasteiger partial charge in [0.1, 0.15) is 90.1 Å². The maximum atomic E-state index is 12.2. The van der Waals surface area contributed by atoms with E-state index in [4.69, 9.17) is 31.6 Å². The number of carbonyl (C=O) groups excluding carboxylic acids is 5. The molecule has 23 heteroatoms. The van der Waals surface area contributed by atoms with Gasteiger partial charge in [-0.15, -0.1) is 0 Å². The van der Waals surface area contributed by atoms with E-state index < -0.39 is 38.9 Å². The van der Waals surface area contributed by atoms with Gasteiger partial charge in [-0.05, 0) is 195 Å². The minimum absolute atomic E-state index is 0.00926. The molecule has 5 aliphatic rings. The SMILES string of the molecule is COC1(c2cc(=O)c3c(O)cccc3o2)C=CC(=O)C=C1.COC1(c2cc(=O)c3ccccc3o2)C=CC(=O)C=C1.Cc1cc(O)c2c(=O)cc(C3(O)C=CC(=O)C=C3)oc2c1.O=C1C=CC(O)(c2cc(=O)c3c(O)cccc3o2)C=C1.O=C1C=CC(O)(c2cc(=O)c3ccccc3o2)C=C1. The highest BCUT2D eigenvalue weighted by Gasteiger charge is 2.36. The van der Waals surface area contributed by atoms with E-state index in [9.17, 15) is 78.6 Å². The minimum Gasteiger partial charge on any atom is -0.507 e. The Balaban J connectivity index is 0.000000127. The number of hydrogen-bond donors (Lipinski definition) is 6. The maximum absolute atomic E-state index is 12.2. The quantitative estimate of drug-likeness (QED) is 0.0865. The molecule has 0 amide bonds. The normalized spacial score (nSPS) is 16.7. The van der Waals surface area contributed by atoms with Gasteiger partial charge in [0.25, 0.3) is 0 Å². The summed E-state index contributed by atoms with van der Waals surface area (Å²) in [5.74, 6) is -0.825. The number of methoxy groups -OCH3 is 2. The van der Waals surface area contributed by atoms with Crippen LogP contribution >= 0.6 is 0 Å². The molecule has 5 heterocycles. The van der Waals surface area contributed by atoms with Crippen molar-refractivity contribution in [3.05, 3.63) is 334 Å². The molecular weight excluding hydrogens is 1300 g/mol. The van der Waals surface area contributed by atoms with E-state index in [1.165, 1.54) is 172 Å². The summed E-state index contributed by atoms with van der Waals surface area (Å²) >= 11 is 0. The number of hydrogen-bond acceptors (Lipinski definition) is 23. The number of phenolic OH excluding ortho intramolecular Hbond substituents is 3. The summed E-state index contributed by atoms with van der Waals surface area (Å²) in [6.45, 7) is 1.75. The minimum atomic E-state index is -1.65. The van der Waals surface area contributed by atoms with E-state index in [1.807, 2.05) is 0 Å². The maximum Gasteiger partial charge on any atom is 0.196 e. The van der Waals surface area contributed by atoms with Gasteiger partial charge in [-0.1, -0.05) is 36.4 Å². The molecule has 0 saturated heterocycles. The lowest BCUT2D eigenvalue weighted by atomic mass is 9.93. The van der Waals surface area contributed by atoms with Crippen molar-refractivity contribution in [3.8, 4) is 17.2 Å². The number of fused-ring (bicyclic) bond motifs is 5. The molecule has 5 aromatic carbocycles. The molecule has 0 spiro atoms. The van der Waals surface area contributed by atoms with Gasteiger partial charge in [0.05, 0.1) is 10.8 Å². The first-order valence-corrected chi connectivity index (χ1v) is 30.4. The summed E-state index contributed by atoms with van der Waals surface area (Å²) < 4.78 is 38.9. The van der Waals surface area contributed by atoms with Crippen LogP contribution in [-0.4, -0.2) is 73.8 Å². The van der Waals surface area contributed by atoms with E-state index in [-0.39, 0.29) is 118 Å². The Labute approximate surface area is 568 Å². The summed E-state index contributed by atoms with van der Waals surface area (Å²) in [7, 11) is 2.96. The standard InChI is InChI=1S/2C16H12O5.C16H12O4.C15H10O5.C15H10O4/c1-9-6-11(18)15-12(19)8-14(21-13(15)7-9)16(20)4-2-10(17)3-5-16;1-20-16(7-5-10(17)6-8-16)14-9-12(19)15-11(18)3-2-4-13(15)21-14;1-19-16(8-6-11(17)7-9-16)15-10-13(18)12-4-2-3-5-14(12)20-15;16-9-4-6-15(19,7-5-9)13-8-11(18)14-10(17)2-1-3-12(14)20-13;16-10-5-7-15(18,8-6-10)14-9-12(17)11-3-1-2-4-13(11)19-14/h2-8,18,20H,1H3;2-9,18H,1H3;2-10H,1H3;1-8,17,19H;1-9,18H. The largest absolute Gasteiger partial charge is 0.507 e. The molecule has 6 N–H and O–H groups in total. The average molecular weight is 1360 g/mol. The fourth-order valence-corrected chi connectivity index (χ4v) is 10.9. The second-order valence-corrected chi connectivity index (χ2v) is 23.1. The second-order valence-electron chi connectivity index (χ2n) is 23.1. The van der Waals surface area contributed by atoms with Crippen LogP contribution in [0.15, 0.2) is 295 Å². The van der Waals surface area contributed by atoms with Crippen molar-refractivity contribution in [3.63, 3.8) is 0 Å². The Bertz CT molecular complexity index is 5670. The molecule has 0 radical (unpaired) electrons. The van der Waals surface area contributed by atoms with E-state index in [1.54, 1.807) is 85.8 Å². The predicted octanol–water partition coefficient (Wildman–Crippen LogP) is 9.11. The average Bonchev–Trinajstić information content (AvgIpc) is 0.854. The number of carbonyl (C=O) groups is 5. The third-order valence-corrected chi connectivity index (χ3v) is 16.3. The highest BCUT2D eigenvalue weighted by Crippen LogP contribution is 2.37. The zero-order valence-corrected chi connectivity index (χ0v) is 53.3. The van der Waals surface area contributed by atoms with Crippen molar-refractivity contribution in [2.24, 2.45) is 0 Å². The van der Waals surface area contributed by atoms with Crippen molar-refractivity contribution >= 4 is 83.8 Å². The van der Waals surface area contributed by atoms with Crippen LogP contribution in [0.3, 0.4) is 0 Å². The first kappa shape index (κ1) is 69.5. The Morgan fingerprint density at radius 3 is 0.950 bits per heavy atom. The number of aryl methyl sites for hydroxylation is 1. The smallest absolute Gasteiger partial charge is 0.196 e. The lowest BCUT2D eigenvalue weighted by Crippen LogP contribution is -2.27. The molecular formula is C78H56O23. The Kier molecular flexibility index (Phi) is 19.2. The zero-order valence-electron chi connectivity index (χ0n) is 53.3. The number of ketones is 5. The van der Waals surface area contributed by atoms with Crippen LogP contribution in [-0.2, 0) is 61.5 Å². The summed E-state index contributed by atoms with van der Waals surface area (Å²) in [5, 5.41) is 61.7. The molecule has 5 aliphatic carbocycles. The second kappa shape index (κ2) is 27.9. The highest BCUT2D eigenvalue weighted by atomic mass is 16.5. The Hall–Kier alpha value is -12.9.